The standard InChI is InChI=1S/C30H34F4N4O/c31-25-9-7-21(15-27(25)33)3-1-5-23(29-17-35-19-37-29)11-13-39-14-12-24(30-18-36-20-38-30)6-2-4-22-8-10-26(32)28(34)16-22/h7-10,15-20,23-24H,1-6,11-14H2,(H,35,37)(H,36,38). The molecular weight excluding hydrogens is 508 g/mol. The van der Waals surface area contributed by atoms with Gasteiger partial charge in [0.25, 0.3) is 0 Å². The molecule has 0 bridgehead atoms. The van der Waals surface area contributed by atoms with E-state index in [2.05, 4.69) is 19.9 Å². The number of hydrogen-bond donors (Lipinski definition) is 2. The lowest BCUT2D eigenvalue weighted by molar-refractivity contribution is 0.117. The zero-order valence-electron chi connectivity index (χ0n) is 21.8. The molecule has 0 radical (unpaired) electrons. The molecule has 39 heavy (non-hydrogen) atoms. The molecule has 2 atom stereocenters. The first kappa shape index (κ1) is 28.5. The quantitative estimate of drug-likeness (QED) is 0.115. The normalized spacial score (nSPS) is 13.0. The Morgan fingerprint density at radius 2 is 1.08 bits per heavy atom. The van der Waals surface area contributed by atoms with Crippen LogP contribution in [0, 0.1) is 23.3 Å². The summed E-state index contributed by atoms with van der Waals surface area (Å²) in [5, 5.41) is 0. The lowest BCUT2D eigenvalue weighted by Gasteiger charge is -2.17. The summed E-state index contributed by atoms with van der Waals surface area (Å²) in [6, 6.07) is 8.11. The molecule has 0 spiro atoms. The average Bonchev–Trinajstić information content (AvgIpc) is 3.66. The maximum Gasteiger partial charge on any atom is 0.159 e. The number of aromatic amines is 2. The van der Waals surface area contributed by atoms with E-state index in [1.165, 1.54) is 24.3 Å². The first-order valence-corrected chi connectivity index (χ1v) is 13.4. The molecule has 0 amide bonds. The van der Waals surface area contributed by atoms with Crippen molar-refractivity contribution in [3.05, 3.63) is 107 Å². The lowest BCUT2D eigenvalue weighted by atomic mass is 9.94. The molecule has 2 aromatic carbocycles. The summed E-state index contributed by atoms with van der Waals surface area (Å²) in [5.74, 6) is -2.91. The molecule has 9 heteroatoms. The van der Waals surface area contributed by atoms with Crippen LogP contribution in [0.4, 0.5) is 17.6 Å². The summed E-state index contributed by atoms with van der Waals surface area (Å²) in [6.07, 6.45) is 13.4. The summed E-state index contributed by atoms with van der Waals surface area (Å²) >= 11 is 0. The SMILES string of the molecule is Fc1ccc(CCCC(CCOCCC(CCCc2ccc(F)c(F)c2)c2c[nH]cn2)c2c[nH]cn2)cc1F. The van der Waals surface area contributed by atoms with Crippen LogP contribution >= 0.6 is 0 Å². The van der Waals surface area contributed by atoms with E-state index < -0.39 is 23.3 Å². The van der Waals surface area contributed by atoms with Crippen LogP contribution in [0.15, 0.2) is 61.4 Å². The monoisotopic (exact) mass is 542 g/mol. The number of nitrogens with zero attached hydrogens (tertiary/aromatic N) is 2. The summed E-state index contributed by atoms with van der Waals surface area (Å²) in [4.78, 5) is 14.9. The first-order valence-electron chi connectivity index (χ1n) is 13.4. The number of rotatable bonds is 16. The summed E-state index contributed by atoms with van der Waals surface area (Å²) < 4.78 is 59.4. The van der Waals surface area contributed by atoms with Gasteiger partial charge in [0.05, 0.1) is 24.0 Å². The van der Waals surface area contributed by atoms with Gasteiger partial charge in [-0.25, -0.2) is 27.5 Å². The van der Waals surface area contributed by atoms with Crippen LogP contribution in [-0.4, -0.2) is 33.1 Å². The second-order valence-corrected chi connectivity index (χ2v) is 9.85. The number of aromatic nitrogens is 4. The molecule has 0 aliphatic carbocycles. The summed E-state index contributed by atoms with van der Waals surface area (Å²) in [5.41, 5.74) is 3.49. The van der Waals surface area contributed by atoms with Gasteiger partial charge in [-0.15, -0.1) is 0 Å². The van der Waals surface area contributed by atoms with Crippen LogP contribution in [0.2, 0.25) is 0 Å². The van der Waals surface area contributed by atoms with Gasteiger partial charge in [-0.2, -0.15) is 0 Å². The Morgan fingerprint density at radius 1 is 0.615 bits per heavy atom. The molecule has 0 saturated carbocycles. The van der Waals surface area contributed by atoms with Gasteiger partial charge in [-0.3, -0.25) is 0 Å². The van der Waals surface area contributed by atoms with Gasteiger partial charge in [0.15, 0.2) is 23.3 Å². The Kier molecular flexibility index (Phi) is 10.7. The molecule has 2 heterocycles. The van der Waals surface area contributed by atoms with Crippen LogP contribution in [0.1, 0.15) is 72.9 Å². The molecule has 0 aliphatic heterocycles. The molecule has 4 aromatic rings. The van der Waals surface area contributed by atoms with Gasteiger partial charge in [-0.05, 0) is 86.8 Å². The Hall–Kier alpha value is -3.46. The van der Waals surface area contributed by atoms with Gasteiger partial charge in [0, 0.05) is 37.4 Å². The van der Waals surface area contributed by atoms with Crippen molar-refractivity contribution >= 4 is 0 Å². The Balaban J connectivity index is 1.21. The van der Waals surface area contributed by atoms with Crippen molar-refractivity contribution in [1.29, 1.82) is 0 Å². The third-order valence-electron chi connectivity index (χ3n) is 7.10. The molecule has 0 fully saturated rings. The highest BCUT2D eigenvalue weighted by atomic mass is 19.2. The van der Waals surface area contributed by atoms with Crippen LogP contribution in [0.3, 0.4) is 0 Å². The number of H-pyrrole nitrogens is 2. The molecule has 208 valence electrons. The minimum atomic E-state index is -0.830. The van der Waals surface area contributed by atoms with E-state index in [9.17, 15) is 17.6 Å². The van der Waals surface area contributed by atoms with Gasteiger partial charge < -0.3 is 14.7 Å². The van der Waals surface area contributed by atoms with E-state index >= 15 is 0 Å². The second kappa shape index (κ2) is 14.6. The lowest BCUT2D eigenvalue weighted by Crippen LogP contribution is -2.09. The largest absolute Gasteiger partial charge is 0.381 e. The minimum Gasteiger partial charge on any atom is -0.381 e. The zero-order valence-corrected chi connectivity index (χ0v) is 21.8. The Labute approximate surface area is 226 Å². The third kappa shape index (κ3) is 8.78. The Morgan fingerprint density at radius 3 is 1.46 bits per heavy atom. The molecular formula is C30H34F4N4O. The molecule has 0 saturated heterocycles. The molecule has 4 rings (SSSR count). The molecule has 0 aliphatic rings. The van der Waals surface area contributed by atoms with Gasteiger partial charge in [-0.1, -0.05) is 12.1 Å². The van der Waals surface area contributed by atoms with E-state index in [4.69, 9.17) is 4.74 Å². The van der Waals surface area contributed by atoms with Gasteiger partial charge >= 0.3 is 0 Å². The average molecular weight is 543 g/mol. The second-order valence-electron chi connectivity index (χ2n) is 9.85. The topological polar surface area (TPSA) is 66.6 Å². The minimum absolute atomic E-state index is 0.194. The van der Waals surface area contributed by atoms with Crippen LogP contribution < -0.4 is 0 Å². The van der Waals surface area contributed by atoms with Crippen molar-refractivity contribution in [2.24, 2.45) is 0 Å². The number of aryl methyl sites for hydroxylation is 2. The third-order valence-corrected chi connectivity index (χ3v) is 7.10. The predicted octanol–water partition coefficient (Wildman–Crippen LogP) is 7.40. The molecule has 5 nitrogen and oxygen atoms in total. The number of nitrogens with one attached hydrogen (secondary N) is 2. The highest BCUT2D eigenvalue weighted by Crippen LogP contribution is 2.26. The number of ether oxygens (including phenoxy) is 1. The Bertz CT molecular complexity index is 1170. The van der Waals surface area contributed by atoms with E-state index in [1.807, 2.05) is 12.4 Å². The van der Waals surface area contributed by atoms with Crippen LogP contribution in [0.5, 0.6) is 0 Å². The van der Waals surface area contributed by atoms with Crippen molar-refractivity contribution in [2.75, 3.05) is 13.2 Å². The van der Waals surface area contributed by atoms with Crippen LogP contribution in [0.25, 0.3) is 0 Å². The van der Waals surface area contributed by atoms with E-state index in [0.29, 0.717) is 26.1 Å². The summed E-state index contributed by atoms with van der Waals surface area (Å²) in [7, 11) is 0. The number of halogens is 4. The van der Waals surface area contributed by atoms with Crippen molar-refractivity contribution in [2.45, 2.75) is 63.2 Å². The fraction of sp³-hybridized carbons (Fsp3) is 0.400. The van der Waals surface area contributed by atoms with E-state index in [1.54, 1.807) is 24.8 Å². The van der Waals surface area contributed by atoms with E-state index in [0.717, 1.165) is 61.0 Å². The maximum absolute atomic E-state index is 13.5. The highest BCUT2D eigenvalue weighted by molar-refractivity contribution is 5.19. The molecule has 2 N–H and O–H groups in total. The fourth-order valence-corrected chi connectivity index (χ4v) is 4.92. The smallest absolute Gasteiger partial charge is 0.159 e. The van der Waals surface area contributed by atoms with Crippen molar-refractivity contribution in [1.82, 2.24) is 19.9 Å². The fourth-order valence-electron chi connectivity index (χ4n) is 4.92. The van der Waals surface area contributed by atoms with Gasteiger partial charge in [0.2, 0.25) is 0 Å². The van der Waals surface area contributed by atoms with Gasteiger partial charge in [0.1, 0.15) is 0 Å². The van der Waals surface area contributed by atoms with Crippen molar-refractivity contribution in [3.8, 4) is 0 Å². The maximum atomic E-state index is 13.5. The number of hydrogen-bond acceptors (Lipinski definition) is 3. The number of imidazole rings is 2. The van der Waals surface area contributed by atoms with Crippen LogP contribution in [-0.2, 0) is 17.6 Å². The number of benzene rings is 2. The predicted molar refractivity (Wildman–Crippen MR) is 141 cm³/mol. The van der Waals surface area contributed by atoms with Crippen molar-refractivity contribution in [3.63, 3.8) is 0 Å². The van der Waals surface area contributed by atoms with E-state index in [-0.39, 0.29) is 11.8 Å². The van der Waals surface area contributed by atoms with Crippen molar-refractivity contribution < 1.29 is 22.3 Å². The zero-order chi connectivity index (χ0) is 27.5. The molecule has 2 aromatic heterocycles. The molecule has 2 unspecified atom stereocenters. The first-order chi connectivity index (χ1) is 19.0. The highest BCUT2D eigenvalue weighted by Gasteiger charge is 2.16. The summed E-state index contributed by atoms with van der Waals surface area (Å²) in [6.45, 7) is 1.15.